The third-order valence-electron chi connectivity index (χ3n) is 2.49. The van der Waals surface area contributed by atoms with Crippen molar-refractivity contribution in [2.75, 3.05) is 18.5 Å². The Balaban J connectivity index is 2.28. The molecular formula is C13H13N3O2. The Morgan fingerprint density at radius 3 is 2.67 bits per heavy atom. The fourth-order valence-electron chi connectivity index (χ4n) is 1.61. The maximum atomic E-state index is 10.7. The molecule has 0 bridgehead atoms. The van der Waals surface area contributed by atoms with E-state index in [2.05, 4.69) is 9.97 Å². The summed E-state index contributed by atoms with van der Waals surface area (Å²) in [5, 5.41) is 8.75. The zero-order valence-electron chi connectivity index (χ0n) is 9.95. The molecule has 0 atom stereocenters. The summed E-state index contributed by atoms with van der Waals surface area (Å²) >= 11 is 0. The van der Waals surface area contributed by atoms with Crippen LogP contribution in [0.3, 0.4) is 0 Å². The van der Waals surface area contributed by atoms with Crippen LogP contribution < -0.4 is 4.90 Å². The minimum Gasteiger partial charge on any atom is -0.480 e. The molecule has 2 rings (SSSR count). The molecule has 0 amide bonds. The van der Waals surface area contributed by atoms with E-state index in [0.29, 0.717) is 5.82 Å². The number of nitrogens with zero attached hydrogens (tertiary/aromatic N) is 3. The topological polar surface area (TPSA) is 66.3 Å². The van der Waals surface area contributed by atoms with E-state index in [9.17, 15) is 4.79 Å². The fourth-order valence-corrected chi connectivity index (χ4v) is 1.61. The molecule has 0 fully saturated rings. The number of hydrogen-bond donors (Lipinski definition) is 1. The van der Waals surface area contributed by atoms with Crippen LogP contribution in [0, 0.1) is 0 Å². The van der Waals surface area contributed by atoms with E-state index in [1.807, 2.05) is 30.3 Å². The molecule has 2 aromatic rings. The van der Waals surface area contributed by atoms with Gasteiger partial charge in [0.25, 0.3) is 0 Å². The van der Waals surface area contributed by atoms with Gasteiger partial charge in [0, 0.05) is 18.7 Å². The number of carbonyl (C=O) groups is 1. The van der Waals surface area contributed by atoms with Gasteiger partial charge in [-0.25, -0.2) is 9.97 Å². The van der Waals surface area contributed by atoms with Gasteiger partial charge in [0.2, 0.25) is 0 Å². The lowest BCUT2D eigenvalue weighted by molar-refractivity contribution is -0.135. The van der Waals surface area contributed by atoms with Crippen LogP contribution in [0.25, 0.3) is 11.3 Å². The summed E-state index contributed by atoms with van der Waals surface area (Å²) in [5.41, 5.74) is 1.75. The number of rotatable bonds is 4. The highest BCUT2D eigenvalue weighted by molar-refractivity contribution is 5.73. The molecule has 0 spiro atoms. The number of benzene rings is 1. The molecule has 0 aliphatic carbocycles. The second-order valence-electron chi connectivity index (χ2n) is 3.88. The summed E-state index contributed by atoms with van der Waals surface area (Å²) in [6.07, 6.45) is 1.44. The Labute approximate surface area is 105 Å². The first-order valence-electron chi connectivity index (χ1n) is 5.47. The Bertz CT molecular complexity index is 543. The third-order valence-corrected chi connectivity index (χ3v) is 2.49. The van der Waals surface area contributed by atoms with Gasteiger partial charge in [-0.15, -0.1) is 0 Å². The highest BCUT2D eigenvalue weighted by Gasteiger charge is 2.08. The zero-order valence-corrected chi connectivity index (χ0v) is 9.95. The number of likely N-dealkylation sites (N-methyl/N-ethyl adjacent to an activating group) is 1. The largest absolute Gasteiger partial charge is 0.480 e. The van der Waals surface area contributed by atoms with Crippen LogP contribution in [0.1, 0.15) is 0 Å². The number of carboxylic acid groups (broad SMARTS) is 1. The number of carboxylic acids is 1. The van der Waals surface area contributed by atoms with Crippen molar-refractivity contribution in [3.05, 3.63) is 42.7 Å². The predicted octanol–water partition coefficient (Wildman–Crippen LogP) is 1.66. The molecule has 0 unspecified atom stereocenters. The average Bonchev–Trinajstić information content (AvgIpc) is 2.39. The minimum absolute atomic E-state index is 0.0920. The second-order valence-corrected chi connectivity index (χ2v) is 3.88. The maximum Gasteiger partial charge on any atom is 0.323 e. The Hall–Kier alpha value is -2.43. The van der Waals surface area contributed by atoms with Crippen molar-refractivity contribution < 1.29 is 9.90 Å². The Kier molecular flexibility index (Phi) is 3.52. The first kappa shape index (κ1) is 12.0. The standard InChI is InChI=1S/C13H13N3O2/c1-16(8-13(17)18)12-7-11(14-9-15-12)10-5-3-2-4-6-10/h2-7,9H,8H2,1H3,(H,17,18). The fraction of sp³-hybridized carbons (Fsp3) is 0.154. The monoisotopic (exact) mass is 243 g/mol. The van der Waals surface area contributed by atoms with Gasteiger partial charge >= 0.3 is 5.97 Å². The van der Waals surface area contributed by atoms with Gasteiger partial charge in [-0.1, -0.05) is 30.3 Å². The van der Waals surface area contributed by atoms with Gasteiger partial charge in [0.1, 0.15) is 18.7 Å². The van der Waals surface area contributed by atoms with Crippen molar-refractivity contribution >= 4 is 11.8 Å². The molecule has 1 N–H and O–H groups in total. The first-order chi connectivity index (χ1) is 8.66. The van der Waals surface area contributed by atoms with Crippen LogP contribution in [0.5, 0.6) is 0 Å². The lowest BCUT2D eigenvalue weighted by Gasteiger charge is -2.15. The van der Waals surface area contributed by atoms with E-state index < -0.39 is 5.97 Å². The van der Waals surface area contributed by atoms with Crippen molar-refractivity contribution in [3.63, 3.8) is 0 Å². The molecule has 92 valence electrons. The molecule has 5 nitrogen and oxygen atoms in total. The van der Waals surface area contributed by atoms with Gasteiger partial charge in [-0.2, -0.15) is 0 Å². The maximum absolute atomic E-state index is 10.7. The molecule has 0 saturated carbocycles. The molecular weight excluding hydrogens is 230 g/mol. The molecule has 18 heavy (non-hydrogen) atoms. The molecule has 0 aliphatic rings. The predicted molar refractivity (Wildman–Crippen MR) is 68.4 cm³/mol. The van der Waals surface area contributed by atoms with Gasteiger partial charge in [0.15, 0.2) is 0 Å². The third kappa shape index (κ3) is 2.82. The molecule has 5 heteroatoms. The normalized spacial score (nSPS) is 10.1. The number of aromatic nitrogens is 2. The van der Waals surface area contributed by atoms with Crippen LogP contribution >= 0.6 is 0 Å². The second kappa shape index (κ2) is 5.27. The number of hydrogen-bond acceptors (Lipinski definition) is 4. The summed E-state index contributed by atoms with van der Waals surface area (Å²) in [4.78, 5) is 20.5. The highest BCUT2D eigenvalue weighted by atomic mass is 16.4. The van der Waals surface area contributed by atoms with Crippen molar-refractivity contribution in [2.24, 2.45) is 0 Å². The van der Waals surface area contributed by atoms with Crippen LogP contribution in [-0.4, -0.2) is 34.6 Å². The van der Waals surface area contributed by atoms with Crippen LogP contribution in [0.4, 0.5) is 5.82 Å². The highest BCUT2D eigenvalue weighted by Crippen LogP contribution is 2.19. The SMILES string of the molecule is CN(CC(=O)O)c1cc(-c2ccccc2)ncn1. The molecule has 1 heterocycles. The zero-order chi connectivity index (χ0) is 13.0. The quantitative estimate of drug-likeness (QED) is 0.884. The van der Waals surface area contributed by atoms with E-state index in [1.165, 1.54) is 6.33 Å². The van der Waals surface area contributed by atoms with Crippen molar-refractivity contribution in [1.29, 1.82) is 0 Å². The van der Waals surface area contributed by atoms with Crippen LogP contribution in [0.2, 0.25) is 0 Å². The summed E-state index contributed by atoms with van der Waals surface area (Å²) in [6.45, 7) is -0.0920. The smallest absolute Gasteiger partial charge is 0.323 e. The molecule has 0 radical (unpaired) electrons. The lowest BCUT2D eigenvalue weighted by atomic mass is 10.1. The van der Waals surface area contributed by atoms with Crippen molar-refractivity contribution in [3.8, 4) is 11.3 Å². The average molecular weight is 243 g/mol. The van der Waals surface area contributed by atoms with Crippen LogP contribution in [0.15, 0.2) is 42.7 Å². The van der Waals surface area contributed by atoms with E-state index >= 15 is 0 Å². The van der Waals surface area contributed by atoms with E-state index in [1.54, 1.807) is 18.0 Å². The number of aliphatic carboxylic acids is 1. The molecule has 0 aliphatic heterocycles. The molecule has 0 saturated heterocycles. The Morgan fingerprint density at radius 2 is 2.00 bits per heavy atom. The summed E-state index contributed by atoms with van der Waals surface area (Å²) < 4.78 is 0. The van der Waals surface area contributed by atoms with E-state index in [4.69, 9.17) is 5.11 Å². The van der Waals surface area contributed by atoms with Gasteiger partial charge in [-0.3, -0.25) is 4.79 Å². The summed E-state index contributed by atoms with van der Waals surface area (Å²) in [6, 6.07) is 11.5. The summed E-state index contributed by atoms with van der Waals surface area (Å²) in [7, 11) is 1.69. The van der Waals surface area contributed by atoms with E-state index in [0.717, 1.165) is 11.3 Å². The lowest BCUT2D eigenvalue weighted by Crippen LogP contribution is -2.25. The first-order valence-corrected chi connectivity index (χ1v) is 5.47. The van der Waals surface area contributed by atoms with Gasteiger partial charge in [0.05, 0.1) is 5.69 Å². The summed E-state index contributed by atoms with van der Waals surface area (Å²) in [5.74, 6) is -0.302. The van der Waals surface area contributed by atoms with Gasteiger partial charge < -0.3 is 10.0 Å². The number of anilines is 1. The molecule has 1 aromatic carbocycles. The van der Waals surface area contributed by atoms with Crippen molar-refractivity contribution in [1.82, 2.24) is 9.97 Å². The molecule has 1 aromatic heterocycles. The van der Waals surface area contributed by atoms with Gasteiger partial charge in [-0.05, 0) is 0 Å². The Morgan fingerprint density at radius 1 is 1.28 bits per heavy atom. The minimum atomic E-state index is -0.891. The van der Waals surface area contributed by atoms with Crippen LogP contribution in [-0.2, 0) is 4.79 Å². The van der Waals surface area contributed by atoms with Crippen molar-refractivity contribution in [2.45, 2.75) is 0 Å². The van der Waals surface area contributed by atoms with E-state index in [-0.39, 0.29) is 6.54 Å².